The summed E-state index contributed by atoms with van der Waals surface area (Å²) in [6, 6.07) is 17.8. The number of nitrogens with zero attached hydrogens (tertiary/aromatic N) is 1. The van der Waals surface area contributed by atoms with Crippen molar-refractivity contribution < 1.29 is 27.4 Å². The number of carbonyl (C=O) groups is 1. The lowest BCUT2D eigenvalue weighted by atomic mass is 10.2. The van der Waals surface area contributed by atoms with Gasteiger partial charge in [-0.15, -0.1) is 0 Å². The Morgan fingerprint density at radius 2 is 1.61 bits per heavy atom. The zero-order chi connectivity index (χ0) is 26.3. The number of carbonyl (C=O) groups excluding carboxylic acids is 1. The molecule has 0 heterocycles. The topological polar surface area (TPSA) is 94.2 Å². The first-order valence-electron chi connectivity index (χ1n) is 11.2. The van der Waals surface area contributed by atoms with Crippen molar-refractivity contribution in [3.8, 4) is 17.2 Å². The maximum absolute atomic E-state index is 13.5. The monoisotopic (exact) mass is 532 g/mol. The quantitative estimate of drug-likeness (QED) is 0.386. The summed E-state index contributed by atoms with van der Waals surface area (Å²) in [5, 5.41) is 3.07. The smallest absolute Gasteiger partial charge is 0.264 e. The van der Waals surface area contributed by atoms with Crippen molar-refractivity contribution in [2.75, 3.05) is 25.1 Å². The van der Waals surface area contributed by atoms with E-state index in [-0.39, 0.29) is 29.0 Å². The Kier molecular flexibility index (Phi) is 9.06. The minimum absolute atomic E-state index is 0.0227. The van der Waals surface area contributed by atoms with Gasteiger partial charge in [-0.1, -0.05) is 35.9 Å². The average molecular weight is 533 g/mol. The van der Waals surface area contributed by atoms with Crippen molar-refractivity contribution in [3.05, 3.63) is 77.3 Å². The Bertz CT molecular complexity index is 1300. The summed E-state index contributed by atoms with van der Waals surface area (Å²) in [5.74, 6) is 0.873. The third-order valence-electron chi connectivity index (χ3n) is 5.11. The van der Waals surface area contributed by atoms with Gasteiger partial charge in [0.05, 0.1) is 30.9 Å². The minimum atomic E-state index is -4.11. The fourth-order valence-corrected chi connectivity index (χ4v) is 5.05. The van der Waals surface area contributed by atoms with Crippen LogP contribution in [0.15, 0.2) is 71.6 Å². The Hall–Kier alpha value is -3.43. The Balaban J connectivity index is 1.86. The normalized spacial score (nSPS) is 11.2. The zero-order valence-corrected chi connectivity index (χ0v) is 22.1. The van der Waals surface area contributed by atoms with Crippen molar-refractivity contribution in [2.24, 2.45) is 0 Å². The lowest BCUT2D eigenvalue weighted by Gasteiger charge is -2.26. The van der Waals surface area contributed by atoms with Crippen LogP contribution in [0.3, 0.4) is 0 Å². The van der Waals surface area contributed by atoms with Crippen molar-refractivity contribution in [3.63, 3.8) is 0 Å². The Morgan fingerprint density at radius 3 is 2.25 bits per heavy atom. The van der Waals surface area contributed by atoms with Crippen LogP contribution in [0.5, 0.6) is 17.2 Å². The van der Waals surface area contributed by atoms with Gasteiger partial charge in [0, 0.05) is 11.6 Å². The van der Waals surface area contributed by atoms with Crippen LogP contribution in [0.4, 0.5) is 5.69 Å². The van der Waals surface area contributed by atoms with E-state index in [1.165, 1.54) is 32.4 Å². The molecule has 192 valence electrons. The molecule has 0 fully saturated rings. The molecule has 1 amide bonds. The number of benzene rings is 3. The molecule has 0 unspecified atom stereocenters. The lowest BCUT2D eigenvalue weighted by Crippen LogP contribution is -2.40. The molecule has 10 heteroatoms. The van der Waals surface area contributed by atoms with E-state index in [0.29, 0.717) is 16.5 Å². The van der Waals surface area contributed by atoms with Gasteiger partial charge in [0.25, 0.3) is 10.0 Å². The van der Waals surface area contributed by atoms with Crippen LogP contribution in [-0.4, -0.2) is 41.2 Å². The molecule has 1 N–H and O–H groups in total. The van der Waals surface area contributed by atoms with Crippen molar-refractivity contribution in [2.45, 2.75) is 31.4 Å². The van der Waals surface area contributed by atoms with Crippen molar-refractivity contribution >= 4 is 33.2 Å². The molecule has 0 aromatic heterocycles. The molecule has 0 aliphatic rings. The molecular weight excluding hydrogens is 504 g/mol. The number of halogens is 1. The molecular formula is C26H29ClN2O6S. The number of amides is 1. The molecule has 3 rings (SSSR count). The highest BCUT2D eigenvalue weighted by Gasteiger charge is 2.29. The predicted octanol–water partition coefficient (Wildman–Crippen LogP) is 4.66. The Labute approximate surface area is 216 Å². The average Bonchev–Trinajstić information content (AvgIpc) is 2.86. The fourth-order valence-electron chi connectivity index (χ4n) is 3.44. The predicted molar refractivity (Wildman–Crippen MR) is 140 cm³/mol. The number of anilines is 1. The standard InChI is InChI=1S/C26H29ClN2O6S/c1-18(2)35-24-12-10-19(14-25(24)34-4)16-28-26(30)17-29(22-15-20(27)11-13-23(22)33-3)36(31,32)21-8-6-5-7-9-21/h5-15,18H,16-17H2,1-4H3,(H,28,30). The van der Waals surface area contributed by atoms with E-state index in [2.05, 4.69) is 5.32 Å². The van der Waals surface area contributed by atoms with E-state index in [9.17, 15) is 13.2 Å². The summed E-state index contributed by atoms with van der Waals surface area (Å²) < 4.78 is 44.6. The van der Waals surface area contributed by atoms with Gasteiger partial charge in [0.2, 0.25) is 5.91 Å². The van der Waals surface area contributed by atoms with E-state index < -0.39 is 22.5 Å². The largest absolute Gasteiger partial charge is 0.495 e. The van der Waals surface area contributed by atoms with Gasteiger partial charge in [-0.25, -0.2) is 8.42 Å². The third kappa shape index (κ3) is 6.61. The first kappa shape index (κ1) is 27.2. The highest BCUT2D eigenvalue weighted by Crippen LogP contribution is 2.35. The number of hydrogen-bond acceptors (Lipinski definition) is 6. The van der Waals surface area contributed by atoms with Crippen LogP contribution >= 0.6 is 11.6 Å². The van der Waals surface area contributed by atoms with Crippen LogP contribution in [-0.2, 0) is 21.4 Å². The zero-order valence-electron chi connectivity index (χ0n) is 20.5. The lowest BCUT2D eigenvalue weighted by molar-refractivity contribution is -0.119. The van der Waals surface area contributed by atoms with E-state index in [1.54, 1.807) is 48.5 Å². The SMILES string of the molecule is COc1cc(CNC(=O)CN(c2cc(Cl)ccc2OC)S(=O)(=O)c2ccccc2)ccc1OC(C)C. The second kappa shape index (κ2) is 12.0. The number of hydrogen-bond donors (Lipinski definition) is 1. The minimum Gasteiger partial charge on any atom is -0.495 e. The van der Waals surface area contributed by atoms with Crippen molar-refractivity contribution in [1.82, 2.24) is 5.32 Å². The van der Waals surface area contributed by atoms with Crippen LogP contribution in [0, 0.1) is 0 Å². The maximum Gasteiger partial charge on any atom is 0.264 e. The van der Waals surface area contributed by atoms with Crippen molar-refractivity contribution in [1.29, 1.82) is 0 Å². The first-order chi connectivity index (χ1) is 17.1. The highest BCUT2D eigenvalue weighted by molar-refractivity contribution is 7.92. The molecule has 0 aliphatic carbocycles. The summed E-state index contributed by atoms with van der Waals surface area (Å²) in [6.45, 7) is 3.50. The molecule has 8 nitrogen and oxygen atoms in total. The summed E-state index contributed by atoms with van der Waals surface area (Å²) >= 11 is 6.16. The van der Waals surface area contributed by atoms with Gasteiger partial charge in [-0.2, -0.15) is 0 Å². The summed E-state index contributed by atoms with van der Waals surface area (Å²) in [6.07, 6.45) is -0.0227. The van der Waals surface area contributed by atoms with E-state index in [0.717, 1.165) is 9.87 Å². The molecule has 3 aromatic rings. The van der Waals surface area contributed by atoms with E-state index in [1.807, 2.05) is 13.8 Å². The summed E-state index contributed by atoms with van der Waals surface area (Å²) in [5.41, 5.74) is 0.912. The number of nitrogens with one attached hydrogen (secondary N) is 1. The van der Waals surface area contributed by atoms with Gasteiger partial charge in [0.1, 0.15) is 12.3 Å². The Morgan fingerprint density at radius 1 is 0.944 bits per heavy atom. The highest BCUT2D eigenvalue weighted by atomic mass is 35.5. The number of methoxy groups -OCH3 is 2. The molecule has 3 aromatic carbocycles. The molecule has 0 bridgehead atoms. The van der Waals surface area contributed by atoms with Gasteiger partial charge < -0.3 is 19.5 Å². The molecule has 36 heavy (non-hydrogen) atoms. The second-order valence-corrected chi connectivity index (χ2v) is 10.4. The van der Waals surface area contributed by atoms with E-state index in [4.69, 9.17) is 25.8 Å². The number of sulfonamides is 1. The molecule has 0 aliphatic heterocycles. The third-order valence-corrected chi connectivity index (χ3v) is 7.12. The van der Waals surface area contributed by atoms with E-state index >= 15 is 0 Å². The molecule has 0 saturated carbocycles. The second-order valence-electron chi connectivity index (χ2n) is 8.07. The van der Waals surface area contributed by atoms with Gasteiger partial charge in [0.15, 0.2) is 11.5 Å². The van der Waals surface area contributed by atoms with Crippen LogP contribution < -0.4 is 23.8 Å². The molecule has 0 atom stereocenters. The molecule has 0 radical (unpaired) electrons. The van der Waals surface area contributed by atoms with Gasteiger partial charge in [-0.3, -0.25) is 9.10 Å². The molecule has 0 saturated heterocycles. The number of ether oxygens (including phenoxy) is 3. The molecule has 0 spiro atoms. The fraction of sp³-hybridized carbons (Fsp3) is 0.269. The van der Waals surface area contributed by atoms with Crippen LogP contribution in [0.25, 0.3) is 0 Å². The van der Waals surface area contributed by atoms with Gasteiger partial charge in [-0.05, 0) is 61.9 Å². The first-order valence-corrected chi connectivity index (χ1v) is 13.0. The summed E-state index contributed by atoms with van der Waals surface area (Å²) in [4.78, 5) is 13.0. The number of rotatable bonds is 11. The maximum atomic E-state index is 13.5. The van der Waals surface area contributed by atoms with Gasteiger partial charge >= 0.3 is 0 Å². The van der Waals surface area contributed by atoms with Crippen LogP contribution in [0.1, 0.15) is 19.4 Å². The summed E-state index contributed by atoms with van der Waals surface area (Å²) in [7, 11) is -1.16. The van der Waals surface area contributed by atoms with Crippen LogP contribution in [0.2, 0.25) is 5.02 Å².